The monoisotopic (exact) mass is 308 g/mol. The molecule has 0 amide bonds. The molecular formula is C14H7ClF2N2S. The van der Waals surface area contributed by atoms with Gasteiger partial charge in [0.15, 0.2) is 0 Å². The number of nitrogens with zero attached hydrogens (tertiary/aromatic N) is 2. The molecule has 2 nitrogen and oxygen atoms in total. The zero-order chi connectivity index (χ0) is 14.1. The van der Waals surface area contributed by atoms with Crippen LogP contribution in [-0.4, -0.2) is 9.97 Å². The van der Waals surface area contributed by atoms with Crippen LogP contribution in [-0.2, 0) is 0 Å². The Morgan fingerprint density at radius 2 is 2.00 bits per heavy atom. The van der Waals surface area contributed by atoms with E-state index in [0.717, 1.165) is 22.5 Å². The van der Waals surface area contributed by atoms with Crippen LogP contribution in [0.2, 0.25) is 5.02 Å². The molecule has 0 aliphatic carbocycles. The summed E-state index contributed by atoms with van der Waals surface area (Å²) in [5, 5.41) is 1.31. The summed E-state index contributed by atoms with van der Waals surface area (Å²) in [6, 6.07) is 6.46. The van der Waals surface area contributed by atoms with Gasteiger partial charge >= 0.3 is 0 Å². The molecule has 2 aromatic heterocycles. The van der Waals surface area contributed by atoms with Crippen molar-refractivity contribution < 1.29 is 8.78 Å². The summed E-state index contributed by atoms with van der Waals surface area (Å²) in [7, 11) is 0. The van der Waals surface area contributed by atoms with Gasteiger partial charge in [-0.2, -0.15) is 4.39 Å². The van der Waals surface area contributed by atoms with Crippen molar-refractivity contribution in [2.75, 3.05) is 0 Å². The minimum Gasteiger partial charge on any atom is -0.237 e. The van der Waals surface area contributed by atoms with Gasteiger partial charge in [0.25, 0.3) is 0 Å². The molecule has 100 valence electrons. The number of halogens is 3. The molecule has 2 heterocycles. The van der Waals surface area contributed by atoms with E-state index in [4.69, 9.17) is 11.6 Å². The molecule has 0 saturated heterocycles. The van der Waals surface area contributed by atoms with Crippen LogP contribution in [0.25, 0.3) is 22.4 Å². The zero-order valence-corrected chi connectivity index (χ0v) is 11.6. The van der Waals surface area contributed by atoms with Crippen molar-refractivity contribution in [3.63, 3.8) is 0 Å². The SMILES string of the molecule is Fc1cc(C=Cc2nc3cc(Cl)ccc3s2)c(F)cn1. The molecule has 0 N–H and O–H groups in total. The summed E-state index contributed by atoms with van der Waals surface area (Å²) in [6.07, 6.45) is 3.96. The standard InChI is InChI=1S/C14H7ClF2N2S/c15-9-2-3-12-11(6-9)19-14(20-12)4-1-8-5-13(17)18-7-10(8)16/h1-7H. The predicted molar refractivity (Wildman–Crippen MR) is 77.7 cm³/mol. The number of rotatable bonds is 2. The van der Waals surface area contributed by atoms with E-state index in [0.29, 0.717) is 10.0 Å². The van der Waals surface area contributed by atoms with Crippen LogP contribution >= 0.6 is 22.9 Å². The summed E-state index contributed by atoms with van der Waals surface area (Å²) in [4.78, 5) is 7.59. The summed E-state index contributed by atoms with van der Waals surface area (Å²) in [6.45, 7) is 0. The van der Waals surface area contributed by atoms with Crippen LogP contribution in [0.1, 0.15) is 10.6 Å². The topological polar surface area (TPSA) is 25.8 Å². The van der Waals surface area contributed by atoms with Gasteiger partial charge in [0.1, 0.15) is 10.8 Å². The lowest BCUT2D eigenvalue weighted by molar-refractivity contribution is 0.558. The molecule has 3 rings (SSSR count). The van der Waals surface area contributed by atoms with E-state index >= 15 is 0 Å². The molecule has 6 heteroatoms. The maximum Gasteiger partial charge on any atom is 0.213 e. The number of aromatic nitrogens is 2. The molecule has 0 spiro atoms. The van der Waals surface area contributed by atoms with Crippen LogP contribution in [0.3, 0.4) is 0 Å². The van der Waals surface area contributed by atoms with Crippen LogP contribution < -0.4 is 0 Å². The van der Waals surface area contributed by atoms with Gasteiger partial charge in [0.05, 0.1) is 16.4 Å². The fraction of sp³-hybridized carbons (Fsp3) is 0. The number of fused-ring (bicyclic) bond motifs is 1. The van der Waals surface area contributed by atoms with Gasteiger partial charge in [-0.3, -0.25) is 0 Å². The Kier molecular flexibility index (Phi) is 3.46. The van der Waals surface area contributed by atoms with E-state index in [1.54, 1.807) is 18.2 Å². The molecule has 20 heavy (non-hydrogen) atoms. The van der Waals surface area contributed by atoms with Gasteiger partial charge in [0, 0.05) is 16.7 Å². The summed E-state index contributed by atoms with van der Waals surface area (Å²) in [5.41, 5.74) is 0.915. The molecule has 0 saturated carbocycles. The highest BCUT2D eigenvalue weighted by Gasteiger charge is 2.04. The third kappa shape index (κ3) is 2.69. The number of thiazole rings is 1. The summed E-state index contributed by atoms with van der Waals surface area (Å²) >= 11 is 7.33. The van der Waals surface area contributed by atoms with Crippen molar-refractivity contribution in [2.45, 2.75) is 0 Å². The lowest BCUT2D eigenvalue weighted by Crippen LogP contribution is -1.88. The Labute approximate surface area is 122 Å². The van der Waals surface area contributed by atoms with Crippen LogP contribution in [0.5, 0.6) is 0 Å². The minimum absolute atomic E-state index is 0.134. The molecule has 3 aromatic rings. The van der Waals surface area contributed by atoms with Gasteiger partial charge in [-0.05, 0) is 30.4 Å². The lowest BCUT2D eigenvalue weighted by Gasteiger charge is -1.94. The van der Waals surface area contributed by atoms with Gasteiger partial charge in [-0.15, -0.1) is 11.3 Å². The first-order valence-corrected chi connectivity index (χ1v) is 6.86. The maximum absolute atomic E-state index is 13.4. The molecule has 0 unspecified atom stereocenters. The smallest absolute Gasteiger partial charge is 0.213 e. The predicted octanol–water partition coefficient (Wildman–Crippen LogP) is 4.79. The third-order valence-corrected chi connectivity index (χ3v) is 3.86. The molecule has 0 aliphatic rings. The highest BCUT2D eigenvalue weighted by molar-refractivity contribution is 7.19. The summed E-state index contributed by atoms with van der Waals surface area (Å²) < 4.78 is 27.3. The van der Waals surface area contributed by atoms with Crippen LogP contribution in [0.15, 0.2) is 30.5 Å². The Morgan fingerprint density at radius 1 is 1.15 bits per heavy atom. The fourth-order valence-electron chi connectivity index (χ4n) is 1.71. The minimum atomic E-state index is -0.720. The Bertz CT molecular complexity index is 814. The normalized spacial score (nSPS) is 11.6. The average Bonchev–Trinajstić information content (AvgIpc) is 2.81. The van der Waals surface area contributed by atoms with E-state index in [2.05, 4.69) is 9.97 Å². The number of benzene rings is 1. The largest absolute Gasteiger partial charge is 0.237 e. The molecule has 0 radical (unpaired) electrons. The van der Waals surface area contributed by atoms with Gasteiger partial charge in [-0.1, -0.05) is 11.6 Å². The molecule has 0 aliphatic heterocycles. The van der Waals surface area contributed by atoms with Crippen molar-refractivity contribution in [2.24, 2.45) is 0 Å². The zero-order valence-electron chi connectivity index (χ0n) is 9.98. The first-order valence-electron chi connectivity index (χ1n) is 5.67. The Balaban J connectivity index is 1.96. The second-order valence-corrected chi connectivity index (χ2v) is 5.52. The van der Waals surface area contributed by atoms with Crippen LogP contribution in [0, 0.1) is 11.8 Å². The van der Waals surface area contributed by atoms with Gasteiger partial charge < -0.3 is 0 Å². The highest BCUT2D eigenvalue weighted by Crippen LogP contribution is 2.26. The molecular weight excluding hydrogens is 302 g/mol. The number of pyridine rings is 1. The van der Waals surface area contributed by atoms with E-state index in [1.807, 2.05) is 6.07 Å². The first kappa shape index (κ1) is 13.1. The summed E-state index contributed by atoms with van der Waals surface area (Å²) in [5.74, 6) is -1.30. The van der Waals surface area contributed by atoms with Crippen molar-refractivity contribution in [3.8, 4) is 0 Å². The van der Waals surface area contributed by atoms with Gasteiger partial charge in [-0.25, -0.2) is 14.4 Å². The average molecular weight is 309 g/mol. The Hall–Kier alpha value is -1.85. The Morgan fingerprint density at radius 3 is 2.85 bits per heavy atom. The number of hydrogen-bond donors (Lipinski definition) is 0. The quantitative estimate of drug-likeness (QED) is 0.636. The molecule has 0 atom stereocenters. The second kappa shape index (κ2) is 5.26. The maximum atomic E-state index is 13.4. The van der Waals surface area contributed by atoms with E-state index < -0.39 is 11.8 Å². The third-order valence-electron chi connectivity index (χ3n) is 2.62. The van der Waals surface area contributed by atoms with E-state index in [1.165, 1.54) is 17.4 Å². The highest BCUT2D eigenvalue weighted by atomic mass is 35.5. The van der Waals surface area contributed by atoms with E-state index in [-0.39, 0.29) is 5.56 Å². The van der Waals surface area contributed by atoms with Crippen molar-refractivity contribution in [1.82, 2.24) is 9.97 Å². The lowest BCUT2D eigenvalue weighted by atomic mass is 10.2. The van der Waals surface area contributed by atoms with Crippen LogP contribution in [0.4, 0.5) is 8.78 Å². The van der Waals surface area contributed by atoms with Crippen molar-refractivity contribution in [3.05, 3.63) is 57.8 Å². The van der Waals surface area contributed by atoms with E-state index in [9.17, 15) is 8.78 Å². The first-order chi connectivity index (χ1) is 9.61. The number of hydrogen-bond acceptors (Lipinski definition) is 3. The molecule has 0 bridgehead atoms. The van der Waals surface area contributed by atoms with Crippen molar-refractivity contribution in [1.29, 1.82) is 0 Å². The second-order valence-electron chi connectivity index (χ2n) is 4.03. The van der Waals surface area contributed by atoms with Gasteiger partial charge in [0.2, 0.25) is 5.95 Å². The molecule has 1 aromatic carbocycles. The fourth-order valence-corrected chi connectivity index (χ4v) is 2.72. The van der Waals surface area contributed by atoms with Crippen molar-refractivity contribution >= 4 is 45.3 Å². The molecule has 0 fully saturated rings.